The van der Waals surface area contributed by atoms with E-state index in [0.29, 0.717) is 6.54 Å². The van der Waals surface area contributed by atoms with Gasteiger partial charge in [-0.05, 0) is 37.9 Å². The molecule has 1 saturated heterocycles. The van der Waals surface area contributed by atoms with E-state index >= 15 is 0 Å². The van der Waals surface area contributed by atoms with Crippen molar-refractivity contribution >= 4 is 33.3 Å². The molecule has 0 radical (unpaired) electrons. The number of carbonyl (C=O) groups is 1. The van der Waals surface area contributed by atoms with Crippen molar-refractivity contribution in [1.29, 1.82) is 0 Å². The van der Waals surface area contributed by atoms with Crippen LogP contribution in [0.1, 0.15) is 30.7 Å². The minimum absolute atomic E-state index is 0.248. The van der Waals surface area contributed by atoms with Crippen molar-refractivity contribution in [2.45, 2.75) is 33.1 Å². The first-order valence-corrected chi connectivity index (χ1v) is 10.5. The van der Waals surface area contributed by atoms with Gasteiger partial charge < -0.3 is 9.80 Å². The van der Waals surface area contributed by atoms with Gasteiger partial charge >= 0.3 is 0 Å². The van der Waals surface area contributed by atoms with E-state index in [2.05, 4.69) is 33.6 Å². The summed E-state index contributed by atoms with van der Waals surface area (Å²) in [6, 6.07) is 0. The van der Waals surface area contributed by atoms with Crippen LogP contribution < -0.4 is 4.90 Å². The lowest BCUT2D eigenvalue weighted by molar-refractivity contribution is -0.132. The molecular weight excluding hydrogens is 346 g/mol. The molecule has 0 N–H and O–H groups in total. The van der Waals surface area contributed by atoms with Gasteiger partial charge in [-0.1, -0.05) is 13.8 Å². The summed E-state index contributed by atoms with van der Waals surface area (Å²) in [6.45, 7) is 9.83. The number of aryl methyl sites for hydroxylation is 2. The Labute approximate surface area is 158 Å². The number of hydrogen-bond donors (Lipinski definition) is 0. The highest BCUT2D eigenvalue weighted by Gasteiger charge is 2.27. The molecule has 26 heavy (non-hydrogen) atoms. The Morgan fingerprint density at radius 2 is 1.92 bits per heavy atom. The van der Waals surface area contributed by atoms with Gasteiger partial charge in [-0.2, -0.15) is 0 Å². The van der Waals surface area contributed by atoms with Gasteiger partial charge in [-0.15, -0.1) is 11.3 Å². The Morgan fingerprint density at radius 1 is 1.15 bits per heavy atom. The maximum atomic E-state index is 12.5. The summed E-state index contributed by atoms with van der Waals surface area (Å²) in [5.74, 6) is 1.32. The van der Waals surface area contributed by atoms with Crippen LogP contribution in [0.3, 0.4) is 0 Å². The van der Waals surface area contributed by atoms with Crippen LogP contribution in [0.4, 0.5) is 5.82 Å². The third-order valence-electron chi connectivity index (χ3n) is 5.67. The highest BCUT2D eigenvalue weighted by atomic mass is 32.1. The van der Waals surface area contributed by atoms with E-state index in [4.69, 9.17) is 0 Å². The van der Waals surface area contributed by atoms with E-state index < -0.39 is 0 Å². The molecule has 2 aromatic heterocycles. The number of likely N-dealkylation sites (N-methyl/N-ethyl adjacent to an activating group) is 1. The van der Waals surface area contributed by atoms with Gasteiger partial charge in [0.15, 0.2) is 0 Å². The second-order valence-electron chi connectivity index (χ2n) is 7.06. The summed E-state index contributed by atoms with van der Waals surface area (Å²) in [4.78, 5) is 30.8. The van der Waals surface area contributed by atoms with Crippen molar-refractivity contribution < 1.29 is 4.79 Å². The summed E-state index contributed by atoms with van der Waals surface area (Å²) in [5, 5.41) is 1.27. The smallest absolute Gasteiger partial charge is 0.236 e. The molecule has 140 valence electrons. The number of amides is 1. The summed E-state index contributed by atoms with van der Waals surface area (Å²) >= 11 is 1.83. The topological polar surface area (TPSA) is 52.6 Å². The number of aromatic nitrogens is 2. The lowest BCUT2D eigenvalue weighted by Crippen LogP contribution is -2.51. The maximum Gasteiger partial charge on any atom is 0.236 e. The fourth-order valence-corrected chi connectivity index (χ4v) is 5.28. The molecule has 0 spiro atoms. The summed E-state index contributed by atoms with van der Waals surface area (Å²) in [5.41, 5.74) is 1.47. The fourth-order valence-electron chi connectivity index (χ4n) is 4.06. The Hall–Kier alpha value is -1.73. The van der Waals surface area contributed by atoms with Crippen molar-refractivity contribution in [3.63, 3.8) is 0 Å². The second-order valence-corrected chi connectivity index (χ2v) is 8.15. The zero-order valence-corrected chi connectivity index (χ0v) is 16.5. The van der Waals surface area contributed by atoms with Gasteiger partial charge in [-0.25, -0.2) is 9.97 Å². The average molecular weight is 374 g/mol. The average Bonchev–Trinajstić information content (AvgIpc) is 3.26. The summed E-state index contributed by atoms with van der Waals surface area (Å²) in [7, 11) is 0. The third kappa shape index (κ3) is 3.18. The number of rotatable bonds is 5. The van der Waals surface area contributed by atoms with Crippen LogP contribution in [0.25, 0.3) is 10.2 Å². The SMILES string of the molecule is CCN(CC)CC(=O)N1CCN(c2ncnc3sc4c(c23)CCC4)CC1. The molecule has 0 bridgehead atoms. The van der Waals surface area contributed by atoms with Crippen LogP contribution in [0.15, 0.2) is 6.33 Å². The highest BCUT2D eigenvalue weighted by molar-refractivity contribution is 7.19. The van der Waals surface area contributed by atoms with Crippen LogP contribution in [0.2, 0.25) is 0 Å². The molecule has 6 nitrogen and oxygen atoms in total. The van der Waals surface area contributed by atoms with Crippen LogP contribution in [-0.4, -0.2) is 71.5 Å². The molecule has 1 amide bonds. The first kappa shape index (κ1) is 17.7. The largest absolute Gasteiger partial charge is 0.352 e. The van der Waals surface area contributed by atoms with Gasteiger partial charge in [0.1, 0.15) is 17.0 Å². The molecule has 0 unspecified atom stereocenters. The summed E-state index contributed by atoms with van der Waals surface area (Å²) < 4.78 is 0. The van der Waals surface area contributed by atoms with Gasteiger partial charge in [0.05, 0.1) is 11.9 Å². The van der Waals surface area contributed by atoms with E-state index in [1.165, 1.54) is 28.7 Å². The van der Waals surface area contributed by atoms with Crippen molar-refractivity contribution in [3.8, 4) is 0 Å². The van der Waals surface area contributed by atoms with Crippen molar-refractivity contribution in [2.75, 3.05) is 50.7 Å². The normalized spacial score (nSPS) is 17.3. The van der Waals surface area contributed by atoms with E-state index in [1.807, 2.05) is 16.2 Å². The lowest BCUT2D eigenvalue weighted by atomic mass is 10.1. The third-order valence-corrected chi connectivity index (χ3v) is 6.87. The maximum absolute atomic E-state index is 12.5. The zero-order chi connectivity index (χ0) is 18.1. The van der Waals surface area contributed by atoms with Gasteiger partial charge in [0, 0.05) is 31.1 Å². The number of fused-ring (bicyclic) bond motifs is 3. The van der Waals surface area contributed by atoms with Crippen LogP contribution in [0, 0.1) is 0 Å². The number of nitrogens with zero attached hydrogens (tertiary/aromatic N) is 5. The molecule has 1 fully saturated rings. The van der Waals surface area contributed by atoms with Gasteiger partial charge in [-0.3, -0.25) is 9.69 Å². The predicted molar refractivity (Wildman–Crippen MR) is 106 cm³/mol. The van der Waals surface area contributed by atoms with Crippen LogP contribution in [-0.2, 0) is 17.6 Å². The monoisotopic (exact) mass is 373 g/mol. The Kier molecular flexibility index (Phi) is 5.09. The van der Waals surface area contributed by atoms with E-state index in [1.54, 1.807) is 6.33 Å². The Morgan fingerprint density at radius 3 is 2.65 bits per heavy atom. The van der Waals surface area contributed by atoms with Crippen LogP contribution >= 0.6 is 11.3 Å². The molecule has 0 saturated carbocycles. The van der Waals surface area contributed by atoms with Gasteiger partial charge in [0.25, 0.3) is 0 Å². The molecule has 2 aliphatic rings. The first-order valence-electron chi connectivity index (χ1n) is 9.71. The number of piperazine rings is 1. The minimum atomic E-state index is 0.248. The predicted octanol–water partition coefficient (Wildman–Crippen LogP) is 2.17. The Balaban J connectivity index is 1.47. The molecule has 0 aromatic carbocycles. The van der Waals surface area contributed by atoms with Crippen molar-refractivity contribution in [2.24, 2.45) is 0 Å². The number of hydrogen-bond acceptors (Lipinski definition) is 6. The number of anilines is 1. The van der Waals surface area contributed by atoms with Crippen molar-refractivity contribution in [3.05, 3.63) is 16.8 Å². The van der Waals surface area contributed by atoms with Gasteiger partial charge in [0.2, 0.25) is 5.91 Å². The molecule has 2 aromatic rings. The second kappa shape index (κ2) is 7.48. The first-order chi connectivity index (χ1) is 12.7. The summed E-state index contributed by atoms with van der Waals surface area (Å²) in [6.07, 6.45) is 5.28. The molecule has 1 aliphatic carbocycles. The van der Waals surface area contributed by atoms with Crippen LogP contribution in [0.5, 0.6) is 0 Å². The van der Waals surface area contributed by atoms with E-state index in [-0.39, 0.29) is 5.91 Å². The number of carbonyl (C=O) groups excluding carboxylic acids is 1. The molecule has 4 rings (SSSR count). The Bertz CT molecular complexity index is 793. The minimum Gasteiger partial charge on any atom is -0.352 e. The zero-order valence-electron chi connectivity index (χ0n) is 15.7. The molecule has 1 aliphatic heterocycles. The molecule has 0 atom stereocenters. The molecule has 3 heterocycles. The molecular formula is C19H27N5OS. The molecule has 7 heteroatoms. The quantitative estimate of drug-likeness (QED) is 0.804. The van der Waals surface area contributed by atoms with Crippen molar-refractivity contribution in [1.82, 2.24) is 19.8 Å². The standard InChI is InChI=1S/C19H27N5OS/c1-3-22(4-2)12-16(25)23-8-10-24(11-9-23)18-17-14-6-5-7-15(14)26-19(17)21-13-20-18/h13H,3-12H2,1-2H3. The highest BCUT2D eigenvalue weighted by Crippen LogP contribution is 2.40. The van der Waals surface area contributed by atoms with E-state index in [0.717, 1.165) is 56.3 Å². The number of thiophene rings is 1. The lowest BCUT2D eigenvalue weighted by Gasteiger charge is -2.36. The van der Waals surface area contributed by atoms with E-state index in [9.17, 15) is 4.79 Å². The fraction of sp³-hybridized carbons (Fsp3) is 0.632.